The summed E-state index contributed by atoms with van der Waals surface area (Å²) in [4.78, 5) is 22.7. The van der Waals surface area contributed by atoms with Crippen LogP contribution in [0.5, 0.6) is 0 Å². The van der Waals surface area contributed by atoms with E-state index in [1.165, 1.54) is 16.2 Å². The highest BCUT2D eigenvalue weighted by Crippen LogP contribution is 2.33. The van der Waals surface area contributed by atoms with Crippen molar-refractivity contribution in [3.05, 3.63) is 53.6 Å². The number of rotatable bonds is 9. The molecular weight excluding hydrogens is 445 g/mol. The molecular formula is C21H25Cl2N3OS2. The van der Waals surface area contributed by atoms with Crippen LogP contribution in [-0.4, -0.2) is 48.7 Å². The Bertz CT molecular complexity index is 919. The zero-order chi connectivity index (χ0) is 19.9. The summed E-state index contributed by atoms with van der Waals surface area (Å²) in [5, 5.41) is 1.35. The first-order valence-corrected chi connectivity index (χ1v) is 11.4. The average Bonchev–Trinajstić information content (AvgIpc) is 3.11. The van der Waals surface area contributed by atoms with Crippen LogP contribution < -0.4 is 4.90 Å². The number of thioether (sulfide) groups is 1. The van der Waals surface area contributed by atoms with Crippen molar-refractivity contribution in [2.75, 3.05) is 37.8 Å². The Morgan fingerprint density at radius 2 is 1.86 bits per heavy atom. The average molecular weight is 470 g/mol. The monoisotopic (exact) mass is 469 g/mol. The second kappa shape index (κ2) is 11.8. The quantitative estimate of drug-likeness (QED) is 0.291. The van der Waals surface area contributed by atoms with Gasteiger partial charge in [-0.1, -0.05) is 47.2 Å². The lowest BCUT2D eigenvalue weighted by Crippen LogP contribution is -2.36. The molecule has 8 heteroatoms. The Labute approximate surface area is 191 Å². The predicted molar refractivity (Wildman–Crippen MR) is 129 cm³/mol. The number of anilines is 1. The fraction of sp³-hybridized carbons (Fsp3) is 0.333. The summed E-state index contributed by atoms with van der Waals surface area (Å²) >= 11 is 9.58. The SMILES string of the molecule is CN(C)CCN(C(=O)CCCSc1ccccc1)c1nc2c(Cl)cccc2s1.Cl. The normalized spacial score (nSPS) is 10.9. The van der Waals surface area contributed by atoms with E-state index in [-0.39, 0.29) is 18.3 Å². The maximum absolute atomic E-state index is 13.0. The van der Waals surface area contributed by atoms with E-state index in [2.05, 4.69) is 22.0 Å². The van der Waals surface area contributed by atoms with Gasteiger partial charge in [-0.2, -0.15) is 0 Å². The van der Waals surface area contributed by atoms with Crippen molar-refractivity contribution in [3.8, 4) is 0 Å². The lowest BCUT2D eigenvalue weighted by atomic mass is 10.3. The van der Waals surface area contributed by atoms with Crippen molar-refractivity contribution in [1.29, 1.82) is 0 Å². The van der Waals surface area contributed by atoms with Gasteiger partial charge in [-0.15, -0.1) is 24.2 Å². The lowest BCUT2D eigenvalue weighted by Gasteiger charge is -2.22. The van der Waals surface area contributed by atoms with Gasteiger partial charge in [0.15, 0.2) is 5.13 Å². The second-order valence-electron chi connectivity index (χ2n) is 6.70. The van der Waals surface area contributed by atoms with Crippen LogP contribution >= 0.6 is 47.1 Å². The summed E-state index contributed by atoms with van der Waals surface area (Å²) in [7, 11) is 4.02. The zero-order valence-corrected chi connectivity index (χ0v) is 19.7. The molecule has 3 rings (SSSR count). The highest BCUT2D eigenvalue weighted by Gasteiger charge is 2.20. The molecule has 0 saturated carbocycles. The minimum Gasteiger partial charge on any atom is -0.308 e. The summed E-state index contributed by atoms with van der Waals surface area (Å²) in [6.45, 7) is 1.41. The van der Waals surface area contributed by atoms with Gasteiger partial charge in [0.2, 0.25) is 5.91 Å². The maximum Gasteiger partial charge on any atom is 0.228 e. The maximum atomic E-state index is 13.0. The van der Waals surface area contributed by atoms with Crippen molar-refractivity contribution in [2.24, 2.45) is 0 Å². The van der Waals surface area contributed by atoms with Crippen molar-refractivity contribution < 1.29 is 4.79 Å². The predicted octanol–water partition coefficient (Wildman–Crippen LogP) is 5.84. The molecule has 0 unspecified atom stereocenters. The smallest absolute Gasteiger partial charge is 0.228 e. The van der Waals surface area contributed by atoms with Crippen LogP contribution in [0, 0.1) is 0 Å². The number of halogens is 2. The molecule has 1 heterocycles. The zero-order valence-electron chi connectivity index (χ0n) is 16.5. The number of amides is 1. The number of likely N-dealkylation sites (N-methyl/N-ethyl adjacent to an activating group) is 1. The molecule has 0 aliphatic heterocycles. The van der Waals surface area contributed by atoms with Crippen LogP contribution in [0.4, 0.5) is 5.13 Å². The summed E-state index contributed by atoms with van der Waals surface area (Å²) in [5.41, 5.74) is 0.770. The molecule has 0 fully saturated rings. The van der Waals surface area contributed by atoms with Crippen LogP contribution in [0.1, 0.15) is 12.8 Å². The molecule has 0 bridgehead atoms. The van der Waals surface area contributed by atoms with Gasteiger partial charge in [0.05, 0.1) is 9.72 Å². The Morgan fingerprint density at radius 3 is 2.55 bits per heavy atom. The summed E-state index contributed by atoms with van der Waals surface area (Å²) < 4.78 is 1.00. The van der Waals surface area contributed by atoms with E-state index in [9.17, 15) is 4.79 Å². The van der Waals surface area contributed by atoms with Gasteiger partial charge in [-0.3, -0.25) is 9.69 Å². The third kappa shape index (κ3) is 6.86. The van der Waals surface area contributed by atoms with Crippen LogP contribution in [0.15, 0.2) is 53.4 Å². The first-order valence-electron chi connectivity index (χ1n) is 9.22. The lowest BCUT2D eigenvalue weighted by molar-refractivity contribution is -0.118. The molecule has 0 aliphatic carbocycles. The Morgan fingerprint density at radius 1 is 1.10 bits per heavy atom. The van der Waals surface area contributed by atoms with Gasteiger partial charge in [-0.05, 0) is 50.5 Å². The van der Waals surface area contributed by atoms with E-state index in [0.29, 0.717) is 18.0 Å². The van der Waals surface area contributed by atoms with E-state index in [1.54, 1.807) is 11.8 Å². The van der Waals surface area contributed by atoms with Gasteiger partial charge in [0.25, 0.3) is 0 Å². The van der Waals surface area contributed by atoms with Crippen molar-refractivity contribution in [3.63, 3.8) is 0 Å². The molecule has 0 spiro atoms. The fourth-order valence-electron chi connectivity index (χ4n) is 2.71. The molecule has 4 nitrogen and oxygen atoms in total. The summed E-state index contributed by atoms with van der Waals surface area (Å²) in [6, 6.07) is 16.0. The number of carbonyl (C=O) groups is 1. The molecule has 156 valence electrons. The molecule has 0 radical (unpaired) electrons. The number of carbonyl (C=O) groups excluding carboxylic acids is 1. The first kappa shape index (κ1) is 24.0. The minimum absolute atomic E-state index is 0. The first-order chi connectivity index (χ1) is 13.5. The van der Waals surface area contributed by atoms with Crippen molar-refractivity contribution in [2.45, 2.75) is 17.7 Å². The highest BCUT2D eigenvalue weighted by molar-refractivity contribution is 7.99. The minimum atomic E-state index is 0. The van der Waals surface area contributed by atoms with Crippen LogP contribution in [0.3, 0.4) is 0 Å². The van der Waals surface area contributed by atoms with E-state index in [0.717, 1.165) is 34.1 Å². The number of benzene rings is 2. The molecule has 0 N–H and O–H groups in total. The van der Waals surface area contributed by atoms with Crippen molar-refractivity contribution >= 4 is 68.4 Å². The fourth-order valence-corrected chi connectivity index (χ4v) is 4.89. The van der Waals surface area contributed by atoms with Gasteiger partial charge >= 0.3 is 0 Å². The standard InChI is InChI=1S/C21H24ClN3OS2.ClH/c1-24(2)13-14-25(21-23-20-17(22)10-6-11-18(20)28-21)19(26)12-7-15-27-16-8-4-3-5-9-16;/h3-6,8-11H,7,12-15H2,1-2H3;1H. The molecule has 3 aromatic rings. The number of nitrogens with zero attached hydrogens (tertiary/aromatic N) is 3. The number of hydrogen-bond acceptors (Lipinski definition) is 5. The van der Waals surface area contributed by atoms with Crippen LogP contribution in [0.2, 0.25) is 5.02 Å². The Hall–Kier alpha value is -1.31. The van der Waals surface area contributed by atoms with Gasteiger partial charge < -0.3 is 4.90 Å². The van der Waals surface area contributed by atoms with E-state index in [4.69, 9.17) is 11.6 Å². The molecule has 0 atom stereocenters. The largest absolute Gasteiger partial charge is 0.308 e. The number of hydrogen-bond donors (Lipinski definition) is 0. The third-order valence-corrected chi connectivity index (χ3v) is 6.66. The Balaban J connectivity index is 0.00000300. The molecule has 1 aromatic heterocycles. The topological polar surface area (TPSA) is 36.4 Å². The highest BCUT2D eigenvalue weighted by atomic mass is 35.5. The van der Waals surface area contributed by atoms with Gasteiger partial charge in [-0.25, -0.2) is 4.98 Å². The van der Waals surface area contributed by atoms with Crippen molar-refractivity contribution in [1.82, 2.24) is 9.88 Å². The van der Waals surface area contributed by atoms with Gasteiger partial charge in [0.1, 0.15) is 5.52 Å². The molecule has 1 amide bonds. The molecule has 0 saturated heterocycles. The van der Waals surface area contributed by atoms with E-state index >= 15 is 0 Å². The number of para-hydroxylation sites is 1. The van der Waals surface area contributed by atoms with Crippen LogP contribution in [-0.2, 0) is 4.79 Å². The van der Waals surface area contributed by atoms with Crippen LogP contribution in [0.25, 0.3) is 10.2 Å². The number of thiazole rings is 1. The molecule has 29 heavy (non-hydrogen) atoms. The number of aromatic nitrogens is 1. The second-order valence-corrected chi connectivity index (χ2v) is 9.28. The molecule has 2 aromatic carbocycles. The third-order valence-electron chi connectivity index (χ3n) is 4.21. The van der Waals surface area contributed by atoms with Gasteiger partial charge in [0, 0.05) is 24.4 Å². The molecule has 0 aliphatic rings. The number of fused-ring (bicyclic) bond motifs is 1. The Kier molecular flexibility index (Phi) is 9.72. The summed E-state index contributed by atoms with van der Waals surface area (Å²) in [6.07, 6.45) is 1.35. The van der Waals surface area contributed by atoms with E-state index in [1.807, 2.05) is 55.4 Å². The van der Waals surface area contributed by atoms with E-state index < -0.39 is 0 Å². The summed E-state index contributed by atoms with van der Waals surface area (Å²) in [5.74, 6) is 1.04.